The van der Waals surface area contributed by atoms with Gasteiger partial charge in [-0.1, -0.05) is 26.0 Å². The summed E-state index contributed by atoms with van der Waals surface area (Å²) in [4.78, 5) is 14.7. The Labute approximate surface area is 155 Å². The van der Waals surface area contributed by atoms with Crippen molar-refractivity contribution in [2.45, 2.75) is 31.6 Å². The zero-order chi connectivity index (χ0) is 19.3. The summed E-state index contributed by atoms with van der Waals surface area (Å²) in [5.41, 5.74) is 2.19. The van der Waals surface area contributed by atoms with Crippen LogP contribution in [-0.4, -0.2) is 29.0 Å². The van der Waals surface area contributed by atoms with Crippen LogP contribution in [0.25, 0.3) is 10.2 Å². The van der Waals surface area contributed by atoms with E-state index in [1.807, 2.05) is 19.9 Å². The monoisotopic (exact) mass is 393 g/mol. The molecule has 0 unspecified atom stereocenters. The molecule has 0 bridgehead atoms. The maximum absolute atomic E-state index is 10.9. The molecule has 3 aromatic rings. The molecule has 0 saturated heterocycles. The molecule has 26 heavy (non-hydrogen) atoms. The summed E-state index contributed by atoms with van der Waals surface area (Å²) in [6.07, 6.45) is 1.70. The third kappa shape index (κ3) is 5.10. The first-order valence-electron chi connectivity index (χ1n) is 7.93. The predicted octanol–water partition coefficient (Wildman–Crippen LogP) is 4.05. The van der Waals surface area contributed by atoms with Gasteiger partial charge in [0, 0.05) is 0 Å². The lowest BCUT2D eigenvalue weighted by molar-refractivity contribution is 0.0696. The van der Waals surface area contributed by atoms with Crippen molar-refractivity contribution in [1.82, 2.24) is 4.98 Å². The molecule has 0 aliphatic heterocycles. The Kier molecular flexibility index (Phi) is 6.47. The van der Waals surface area contributed by atoms with Crippen LogP contribution < -0.4 is 0 Å². The number of benzene rings is 2. The Morgan fingerprint density at radius 1 is 1.12 bits per heavy atom. The van der Waals surface area contributed by atoms with Crippen molar-refractivity contribution in [3.05, 3.63) is 58.6 Å². The average molecular weight is 393 g/mol. The Morgan fingerprint density at radius 2 is 1.85 bits per heavy atom. The fourth-order valence-corrected chi connectivity index (χ4v) is 3.72. The lowest BCUT2D eigenvalue weighted by Crippen LogP contribution is -1.96. The van der Waals surface area contributed by atoms with Crippen molar-refractivity contribution in [2.75, 3.05) is 0 Å². The van der Waals surface area contributed by atoms with E-state index in [9.17, 15) is 13.2 Å². The number of hydrogen-bond donors (Lipinski definition) is 2. The topological polar surface area (TPSA) is 105 Å². The molecular weight excluding hydrogens is 374 g/mol. The highest BCUT2D eigenvalue weighted by Crippen LogP contribution is 2.25. The normalized spacial score (nSPS) is 11.0. The molecule has 0 fully saturated rings. The van der Waals surface area contributed by atoms with Crippen LogP contribution in [0.4, 0.5) is 0 Å². The predicted molar refractivity (Wildman–Crippen MR) is 102 cm³/mol. The summed E-state index contributed by atoms with van der Waals surface area (Å²) in [6, 6.07) is 11.4. The Morgan fingerprint density at radius 3 is 2.42 bits per heavy atom. The van der Waals surface area contributed by atoms with Crippen LogP contribution in [0, 0.1) is 0 Å². The van der Waals surface area contributed by atoms with Gasteiger partial charge in [0.2, 0.25) is 0 Å². The number of carboxylic acid groups (broad SMARTS) is 1. The van der Waals surface area contributed by atoms with Crippen molar-refractivity contribution in [1.29, 1.82) is 0 Å². The number of nitrogens with zero attached hydrogens (tertiary/aromatic N) is 1. The van der Waals surface area contributed by atoms with Gasteiger partial charge in [-0.2, -0.15) is 8.42 Å². The fraction of sp³-hybridized carbons (Fsp3) is 0.222. The molecule has 1 heterocycles. The van der Waals surface area contributed by atoms with Crippen LogP contribution in [0.1, 0.15) is 34.8 Å². The minimum atomic E-state index is -4.11. The van der Waals surface area contributed by atoms with Gasteiger partial charge >= 0.3 is 5.97 Å². The molecule has 8 heteroatoms. The van der Waals surface area contributed by atoms with Crippen LogP contribution in [0.15, 0.2) is 47.4 Å². The first kappa shape index (κ1) is 20.0. The number of hydrogen-bond acceptors (Lipinski definition) is 5. The van der Waals surface area contributed by atoms with Gasteiger partial charge in [-0.05, 0) is 48.7 Å². The third-order valence-electron chi connectivity index (χ3n) is 3.59. The second-order valence-corrected chi connectivity index (χ2v) is 7.96. The first-order chi connectivity index (χ1) is 12.2. The van der Waals surface area contributed by atoms with Gasteiger partial charge in [-0.15, -0.1) is 11.3 Å². The smallest absolute Gasteiger partial charge is 0.335 e. The number of thiazole rings is 1. The van der Waals surface area contributed by atoms with Gasteiger partial charge in [-0.3, -0.25) is 4.55 Å². The molecular formula is C18H19NO5S2. The van der Waals surface area contributed by atoms with E-state index >= 15 is 0 Å². The second-order valence-electron chi connectivity index (χ2n) is 5.42. The number of aromatic nitrogens is 1. The quantitative estimate of drug-likeness (QED) is 0.648. The maximum Gasteiger partial charge on any atom is 0.335 e. The van der Waals surface area contributed by atoms with Gasteiger partial charge in [0.1, 0.15) is 0 Å². The van der Waals surface area contributed by atoms with Gasteiger partial charge in [0.15, 0.2) is 0 Å². The number of rotatable bonds is 4. The molecule has 2 N–H and O–H groups in total. The van der Waals surface area contributed by atoms with E-state index in [-0.39, 0.29) is 4.90 Å². The highest BCUT2D eigenvalue weighted by molar-refractivity contribution is 7.85. The highest BCUT2D eigenvalue weighted by Gasteiger charge is 2.11. The number of carbonyl (C=O) groups is 1. The molecule has 1 aromatic heterocycles. The summed E-state index contributed by atoms with van der Waals surface area (Å²) in [7, 11) is -4.11. The van der Waals surface area contributed by atoms with Crippen molar-refractivity contribution in [2.24, 2.45) is 0 Å². The molecule has 0 saturated carbocycles. The van der Waals surface area contributed by atoms with Crippen LogP contribution in [-0.2, 0) is 23.0 Å². The van der Waals surface area contributed by atoms with E-state index in [0.717, 1.165) is 33.6 Å². The van der Waals surface area contributed by atoms with Gasteiger partial charge in [-0.25, -0.2) is 9.78 Å². The minimum Gasteiger partial charge on any atom is -0.478 e. The fourth-order valence-electron chi connectivity index (χ4n) is 2.19. The molecule has 0 radical (unpaired) electrons. The standard InChI is InChI=1S/C9H9NO3S2.C9H10O2/c1-2-9-10-7-4-3-6(15(11,12)13)5-8(7)14-9;1-2-7-4-3-5-8(6-7)9(10)11/h3-5H,2H2,1H3,(H,11,12,13);3-6H,2H2,1H3,(H,10,11). The second kappa shape index (κ2) is 8.39. The van der Waals surface area contributed by atoms with E-state index in [1.165, 1.54) is 23.5 Å². The van der Waals surface area contributed by atoms with Crippen molar-refractivity contribution < 1.29 is 22.9 Å². The van der Waals surface area contributed by atoms with E-state index in [2.05, 4.69) is 4.98 Å². The molecule has 0 amide bonds. The lowest BCUT2D eigenvalue weighted by Gasteiger charge is -1.97. The SMILES string of the molecule is CCc1cccc(C(=O)O)c1.CCc1nc2ccc(S(=O)(=O)O)cc2s1. The molecule has 3 rings (SSSR count). The number of aromatic carboxylic acids is 1. The van der Waals surface area contributed by atoms with Gasteiger partial charge < -0.3 is 5.11 Å². The summed E-state index contributed by atoms with van der Waals surface area (Å²) in [6.45, 7) is 3.99. The van der Waals surface area contributed by atoms with Crippen LogP contribution in [0.2, 0.25) is 0 Å². The van der Waals surface area contributed by atoms with E-state index in [1.54, 1.807) is 24.3 Å². The molecule has 0 atom stereocenters. The molecule has 138 valence electrons. The molecule has 0 aliphatic carbocycles. The van der Waals surface area contributed by atoms with Gasteiger partial charge in [0.05, 0.1) is 25.7 Å². The minimum absolute atomic E-state index is 0.0821. The van der Waals surface area contributed by atoms with Gasteiger partial charge in [0.25, 0.3) is 10.1 Å². The first-order valence-corrected chi connectivity index (χ1v) is 10.2. The Balaban J connectivity index is 0.000000197. The summed E-state index contributed by atoms with van der Waals surface area (Å²) >= 11 is 1.44. The van der Waals surface area contributed by atoms with Crippen molar-refractivity contribution >= 4 is 37.6 Å². The molecule has 0 spiro atoms. The van der Waals surface area contributed by atoms with E-state index in [4.69, 9.17) is 9.66 Å². The highest BCUT2D eigenvalue weighted by atomic mass is 32.2. The van der Waals surface area contributed by atoms with Crippen molar-refractivity contribution in [3.63, 3.8) is 0 Å². The number of fused-ring (bicyclic) bond motifs is 1. The Bertz CT molecular complexity index is 1020. The Hall–Kier alpha value is -2.29. The third-order valence-corrected chi connectivity index (χ3v) is 5.60. The lowest BCUT2D eigenvalue weighted by atomic mass is 10.1. The van der Waals surface area contributed by atoms with Crippen molar-refractivity contribution in [3.8, 4) is 0 Å². The summed E-state index contributed by atoms with van der Waals surface area (Å²) < 4.78 is 31.4. The maximum atomic E-state index is 10.9. The van der Waals surface area contributed by atoms with Crippen LogP contribution >= 0.6 is 11.3 Å². The zero-order valence-corrected chi connectivity index (χ0v) is 16.0. The van der Waals surface area contributed by atoms with Crippen LogP contribution in [0.5, 0.6) is 0 Å². The zero-order valence-electron chi connectivity index (χ0n) is 14.3. The molecule has 6 nitrogen and oxygen atoms in total. The number of aryl methyl sites for hydroxylation is 2. The number of carboxylic acids is 1. The van der Waals surface area contributed by atoms with E-state index in [0.29, 0.717) is 5.56 Å². The summed E-state index contributed by atoms with van der Waals surface area (Å²) in [5.74, 6) is -0.861. The largest absolute Gasteiger partial charge is 0.478 e. The van der Waals surface area contributed by atoms with Crippen LogP contribution in [0.3, 0.4) is 0 Å². The molecule has 2 aromatic carbocycles. The average Bonchev–Trinajstić information content (AvgIpc) is 3.04. The van der Waals surface area contributed by atoms with E-state index < -0.39 is 16.1 Å². The molecule has 0 aliphatic rings. The summed E-state index contributed by atoms with van der Waals surface area (Å²) in [5, 5.41) is 9.56.